The highest BCUT2D eigenvalue weighted by Crippen LogP contribution is 2.26. The van der Waals surface area contributed by atoms with E-state index in [1.807, 2.05) is 17.6 Å². The summed E-state index contributed by atoms with van der Waals surface area (Å²) in [6.45, 7) is 6.03. The molecule has 2 aromatic carbocycles. The number of amides is 1. The summed E-state index contributed by atoms with van der Waals surface area (Å²) in [7, 11) is 0. The molecule has 140 valence electrons. The minimum absolute atomic E-state index is 0.161. The number of thioether (sulfide) groups is 1. The van der Waals surface area contributed by atoms with Crippen molar-refractivity contribution in [3.05, 3.63) is 63.4 Å². The average Bonchev–Trinajstić information content (AvgIpc) is 2.99. The second-order valence-electron chi connectivity index (χ2n) is 6.10. The maximum atomic E-state index is 12.3. The van der Waals surface area contributed by atoms with E-state index in [-0.39, 0.29) is 11.7 Å². The van der Waals surface area contributed by atoms with Gasteiger partial charge in [-0.1, -0.05) is 41.0 Å². The van der Waals surface area contributed by atoms with Gasteiger partial charge in [-0.2, -0.15) is 0 Å². The zero-order chi connectivity index (χ0) is 19.6. The first-order chi connectivity index (χ1) is 12.8. The fourth-order valence-electron chi connectivity index (χ4n) is 2.50. The van der Waals surface area contributed by atoms with E-state index in [0.29, 0.717) is 20.9 Å². The lowest BCUT2D eigenvalue weighted by Crippen LogP contribution is -2.14. The number of aromatic nitrogens is 3. The molecule has 0 aliphatic rings. The summed E-state index contributed by atoms with van der Waals surface area (Å²) >= 11 is 13.2. The topological polar surface area (TPSA) is 59.8 Å². The van der Waals surface area contributed by atoms with Crippen molar-refractivity contribution in [3.63, 3.8) is 0 Å². The van der Waals surface area contributed by atoms with Crippen LogP contribution in [-0.4, -0.2) is 26.4 Å². The highest BCUT2D eigenvalue weighted by atomic mass is 35.5. The van der Waals surface area contributed by atoms with Crippen molar-refractivity contribution in [2.75, 3.05) is 11.1 Å². The summed E-state index contributed by atoms with van der Waals surface area (Å²) in [5, 5.41) is 12.7. The Kier molecular flexibility index (Phi) is 6.09. The number of hydrogen-bond acceptors (Lipinski definition) is 4. The van der Waals surface area contributed by atoms with Crippen molar-refractivity contribution in [3.8, 4) is 5.69 Å². The van der Waals surface area contributed by atoms with Crippen molar-refractivity contribution >= 4 is 46.6 Å². The van der Waals surface area contributed by atoms with E-state index in [0.717, 1.165) is 11.5 Å². The van der Waals surface area contributed by atoms with E-state index < -0.39 is 0 Å². The Labute approximate surface area is 172 Å². The lowest BCUT2D eigenvalue weighted by atomic mass is 10.1. The van der Waals surface area contributed by atoms with E-state index >= 15 is 0 Å². The van der Waals surface area contributed by atoms with Gasteiger partial charge in [0.05, 0.1) is 15.8 Å². The highest BCUT2D eigenvalue weighted by Gasteiger charge is 2.14. The number of aryl methyl sites for hydroxylation is 3. The molecular weight excluding hydrogens is 403 g/mol. The molecule has 0 fully saturated rings. The van der Waals surface area contributed by atoms with Gasteiger partial charge in [-0.05, 0) is 62.2 Å². The number of hydrogen-bond donors (Lipinski definition) is 1. The Balaban J connectivity index is 1.72. The van der Waals surface area contributed by atoms with Crippen LogP contribution in [0.2, 0.25) is 10.0 Å². The zero-order valence-corrected chi connectivity index (χ0v) is 17.4. The Bertz CT molecular complexity index is 1000. The molecule has 0 spiro atoms. The van der Waals surface area contributed by atoms with Crippen LogP contribution in [0.5, 0.6) is 0 Å². The van der Waals surface area contributed by atoms with E-state index in [2.05, 4.69) is 41.5 Å². The molecule has 0 bridgehead atoms. The standard InChI is InChI=1S/C19H18Cl2N4OS/c1-11-4-6-15(8-12(11)2)25-13(3)23-24-19(25)27-10-18(26)22-14-5-7-16(20)17(21)9-14/h4-9H,10H2,1-3H3,(H,22,26). The fourth-order valence-corrected chi connectivity index (χ4v) is 3.60. The Morgan fingerprint density at radius 2 is 1.81 bits per heavy atom. The molecule has 27 heavy (non-hydrogen) atoms. The smallest absolute Gasteiger partial charge is 0.234 e. The van der Waals surface area contributed by atoms with Crippen LogP contribution in [0.25, 0.3) is 5.69 Å². The van der Waals surface area contributed by atoms with Crippen LogP contribution in [0.1, 0.15) is 17.0 Å². The number of rotatable bonds is 5. The van der Waals surface area contributed by atoms with Gasteiger partial charge in [0, 0.05) is 11.4 Å². The minimum atomic E-state index is -0.161. The molecule has 0 unspecified atom stereocenters. The maximum absolute atomic E-state index is 12.3. The second-order valence-corrected chi connectivity index (χ2v) is 7.86. The molecule has 1 heterocycles. The van der Waals surface area contributed by atoms with Crippen molar-refractivity contribution < 1.29 is 4.79 Å². The minimum Gasteiger partial charge on any atom is -0.325 e. The van der Waals surface area contributed by atoms with Gasteiger partial charge in [0.25, 0.3) is 0 Å². The molecule has 0 saturated carbocycles. The van der Waals surface area contributed by atoms with Gasteiger partial charge in [-0.25, -0.2) is 0 Å². The van der Waals surface area contributed by atoms with Crippen molar-refractivity contribution in [1.29, 1.82) is 0 Å². The normalized spacial score (nSPS) is 10.9. The van der Waals surface area contributed by atoms with Crippen LogP contribution >= 0.6 is 35.0 Å². The summed E-state index contributed by atoms with van der Waals surface area (Å²) < 4.78 is 1.95. The third-order valence-corrected chi connectivity index (χ3v) is 5.75. The largest absolute Gasteiger partial charge is 0.325 e. The van der Waals surface area contributed by atoms with Crippen LogP contribution < -0.4 is 5.32 Å². The number of benzene rings is 2. The van der Waals surface area contributed by atoms with E-state index in [4.69, 9.17) is 23.2 Å². The number of nitrogens with zero attached hydrogens (tertiary/aromatic N) is 3. The van der Waals surface area contributed by atoms with Crippen LogP contribution in [-0.2, 0) is 4.79 Å². The van der Waals surface area contributed by atoms with Gasteiger partial charge in [0.1, 0.15) is 5.82 Å². The van der Waals surface area contributed by atoms with Crippen LogP contribution in [0.3, 0.4) is 0 Å². The maximum Gasteiger partial charge on any atom is 0.234 e. The Morgan fingerprint density at radius 1 is 1.04 bits per heavy atom. The molecule has 3 aromatic rings. The summed E-state index contributed by atoms with van der Waals surface area (Å²) in [4.78, 5) is 12.3. The molecule has 1 N–H and O–H groups in total. The molecule has 1 aromatic heterocycles. The predicted octanol–water partition coefficient (Wildman–Crippen LogP) is 5.23. The molecule has 5 nitrogen and oxygen atoms in total. The molecule has 0 saturated heterocycles. The van der Waals surface area contributed by atoms with E-state index in [1.165, 1.54) is 22.9 Å². The SMILES string of the molecule is Cc1ccc(-n2c(C)nnc2SCC(=O)Nc2ccc(Cl)c(Cl)c2)cc1C. The molecular formula is C19H18Cl2N4OS. The van der Waals surface area contributed by atoms with Gasteiger partial charge in [-0.3, -0.25) is 9.36 Å². The summed E-state index contributed by atoms with van der Waals surface area (Å²) in [5.41, 5.74) is 3.99. The number of nitrogens with one attached hydrogen (secondary N) is 1. The number of carbonyl (C=O) groups excluding carboxylic acids is 1. The molecule has 3 rings (SSSR count). The Hall–Kier alpha value is -2.02. The lowest BCUT2D eigenvalue weighted by molar-refractivity contribution is -0.113. The third-order valence-electron chi connectivity index (χ3n) is 4.08. The molecule has 0 atom stereocenters. The second kappa shape index (κ2) is 8.33. The monoisotopic (exact) mass is 420 g/mol. The van der Waals surface area contributed by atoms with Crippen molar-refractivity contribution in [1.82, 2.24) is 14.8 Å². The number of halogens is 2. The number of anilines is 1. The number of carbonyl (C=O) groups is 1. The first-order valence-corrected chi connectivity index (χ1v) is 9.96. The van der Waals surface area contributed by atoms with Crippen LogP contribution in [0.15, 0.2) is 41.6 Å². The molecule has 0 radical (unpaired) electrons. The van der Waals surface area contributed by atoms with E-state index in [9.17, 15) is 4.79 Å². The summed E-state index contributed by atoms with van der Waals surface area (Å²) in [6, 6.07) is 11.2. The van der Waals surface area contributed by atoms with Crippen molar-refractivity contribution in [2.24, 2.45) is 0 Å². The average molecular weight is 421 g/mol. The van der Waals surface area contributed by atoms with Crippen LogP contribution in [0.4, 0.5) is 5.69 Å². The van der Waals surface area contributed by atoms with Gasteiger partial charge in [0.15, 0.2) is 5.16 Å². The molecule has 0 aliphatic carbocycles. The van der Waals surface area contributed by atoms with Crippen LogP contribution in [0, 0.1) is 20.8 Å². The molecule has 8 heteroatoms. The predicted molar refractivity (Wildman–Crippen MR) is 111 cm³/mol. The molecule has 0 aliphatic heterocycles. The fraction of sp³-hybridized carbons (Fsp3) is 0.211. The lowest BCUT2D eigenvalue weighted by Gasteiger charge is -2.11. The van der Waals surface area contributed by atoms with Gasteiger partial charge in [-0.15, -0.1) is 10.2 Å². The van der Waals surface area contributed by atoms with Gasteiger partial charge < -0.3 is 5.32 Å². The Morgan fingerprint density at radius 3 is 2.52 bits per heavy atom. The quantitative estimate of drug-likeness (QED) is 0.573. The van der Waals surface area contributed by atoms with E-state index in [1.54, 1.807) is 18.2 Å². The molecule has 1 amide bonds. The third kappa shape index (κ3) is 4.64. The summed E-state index contributed by atoms with van der Waals surface area (Å²) in [5.74, 6) is 0.805. The zero-order valence-electron chi connectivity index (χ0n) is 15.1. The first-order valence-electron chi connectivity index (χ1n) is 8.22. The summed E-state index contributed by atoms with van der Waals surface area (Å²) in [6.07, 6.45) is 0. The first kappa shape index (κ1) is 19.7. The van der Waals surface area contributed by atoms with Crippen molar-refractivity contribution in [2.45, 2.75) is 25.9 Å². The highest BCUT2D eigenvalue weighted by molar-refractivity contribution is 7.99. The van der Waals surface area contributed by atoms with Gasteiger partial charge >= 0.3 is 0 Å². The van der Waals surface area contributed by atoms with Gasteiger partial charge in [0.2, 0.25) is 5.91 Å².